The molecule has 1 aliphatic rings. The molecular formula is C6H11O+. The Kier molecular flexibility index (Phi) is 1.45. The number of ketones is 1. The van der Waals surface area contributed by atoms with E-state index in [9.17, 15) is 4.79 Å². The van der Waals surface area contributed by atoms with E-state index in [1.54, 1.807) is 0 Å². The van der Waals surface area contributed by atoms with E-state index >= 15 is 0 Å². The van der Waals surface area contributed by atoms with Crippen LogP contribution in [-0.4, -0.2) is 5.78 Å². The molecule has 0 aromatic carbocycles. The van der Waals surface area contributed by atoms with Crippen LogP contribution in [0.15, 0.2) is 0 Å². The third-order valence-corrected chi connectivity index (χ3v) is 1.41. The van der Waals surface area contributed by atoms with Crippen LogP contribution in [0.5, 0.6) is 0 Å². The van der Waals surface area contributed by atoms with Crippen LogP contribution in [0.1, 0.15) is 33.5 Å². The first-order chi connectivity index (χ1) is 3.39. The van der Waals surface area contributed by atoms with E-state index in [1.807, 2.05) is 0 Å². The van der Waals surface area contributed by atoms with Gasteiger partial charge in [-0.1, -0.05) is 6.42 Å². The van der Waals surface area contributed by atoms with Crippen molar-refractivity contribution in [2.75, 3.05) is 0 Å². The Morgan fingerprint density at radius 2 is 1.71 bits per heavy atom. The van der Waals surface area contributed by atoms with Gasteiger partial charge in [0.05, 0.1) is 0 Å². The zero-order chi connectivity index (χ0) is 5.11. The molecule has 1 fully saturated rings. The van der Waals surface area contributed by atoms with Gasteiger partial charge in [0.15, 0.2) is 0 Å². The lowest BCUT2D eigenvalue weighted by molar-refractivity contribution is -0.120. The highest BCUT2D eigenvalue weighted by molar-refractivity contribution is 5.78. The van der Waals surface area contributed by atoms with Gasteiger partial charge in [0.25, 0.3) is 0 Å². The van der Waals surface area contributed by atoms with Gasteiger partial charge in [-0.2, -0.15) is 0 Å². The van der Waals surface area contributed by atoms with Crippen LogP contribution < -0.4 is 0 Å². The molecule has 1 heteroatoms. The Labute approximate surface area is 45.2 Å². The second-order valence-corrected chi connectivity index (χ2v) is 2.10. The number of carbonyl (C=O) groups is 1. The summed E-state index contributed by atoms with van der Waals surface area (Å²) in [6.07, 6.45) is 5.24. The van der Waals surface area contributed by atoms with Crippen LogP contribution in [-0.2, 0) is 4.79 Å². The lowest BCUT2D eigenvalue weighted by atomic mass is 10.00. The Hall–Kier alpha value is -0.330. The van der Waals surface area contributed by atoms with Crippen molar-refractivity contribution < 1.29 is 6.22 Å². The van der Waals surface area contributed by atoms with Crippen molar-refractivity contribution in [3.63, 3.8) is 0 Å². The van der Waals surface area contributed by atoms with E-state index < -0.39 is 0 Å². The molecule has 0 aromatic rings. The first kappa shape index (κ1) is 4.82. The maximum atomic E-state index is 10.5. The van der Waals surface area contributed by atoms with E-state index in [-0.39, 0.29) is 1.43 Å². The van der Waals surface area contributed by atoms with E-state index in [0.29, 0.717) is 5.78 Å². The molecule has 0 bridgehead atoms. The van der Waals surface area contributed by atoms with Crippen molar-refractivity contribution in [2.45, 2.75) is 32.1 Å². The largest absolute Gasteiger partial charge is 1.00 e. The number of Topliss-reactive ketones (excluding diaryl/α,β-unsaturated/α-hetero) is 1. The Morgan fingerprint density at radius 3 is 2.00 bits per heavy atom. The summed E-state index contributed by atoms with van der Waals surface area (Å²) < 4.78 is 0. The maximum absolute atomic E-state index is 10.5. The topological polar surface area (TPSA) is 17.1 Å². The Bertz CT molecular complexity index is 72.6. The molecule has 0 aromatic heterocycles. The molecule has 0 spiro atoms. The van der Waals surface area contributed by atoms with Gasteiger partial charge in [-0.25, -0.2) is 0 Å². The number of hydrogen-bond acceptors (Lipinski definition) is 1. The summed E-state index contributed by atoms with van der Waals surface area (Å²) in [6, 6.07) is 0. The average molecular weight is 99.2 g/mol. The van der Waals surface area contributed by atoms with Crippen LogP contribution in [0.3, 0.4) is 0 Å². The summed E-state index contributed by atoms with van der Waals surface area (Å²) in [7, 11) is 0. The molecule has 0 aliphatic heterocycles. The van der Waals surface area contributed by atoms with Gasteiger partial charge < -0.3 is 0 Å². The van der Waals surface area contributed by atoms with E-state index in [0.717, 1.165) is 25.7 Å². The minimum atomic E-state index is 0. The molecule has 1 nitrogen and oxygen atoms in total. The quantitative estimate of drug-likeness (QED) is 0.451. The van der Waals surface area contributed by atoms with Gasteiger partial charge >= 0.3 is 1.43 Å². The molecule has 0 atom stereocenters. The van der Waals surface area contributed by atoms with Crippen molar-refractivity contribution in [1.29, 1.82) is 0 Å². The minimum absolute atomic E-state index is 0. The molecule has 1 saturated carbocycles. The normalized spacial score (nSPS) is 22.6. The monoisotopic (exact) mass is 99.1 g/mol. The predicted octanol–water partition coefficient (Wildman–Crippen LogP) is 1.63. The number of rotatable bonds is 0. The SMILES string of the molecule is O=C1CCCCC1.[H+]. The highest BCUT2D eigenvalue weighted by Crippen LogP contribution is 2.12. The molecule has 0 amide bonds. The fourth-order valence-corrected chi connectivity index (χ4v) is 0.946. The highest BCUT2D eigenvalue weighted by Gasteiger charge is 2.05. The first-order valence-electron chi connectivity index (χ1n) is 2.91. The summed E-state index contributed by atoms with van der Waals surface area (Å²) >= 11 is 0. The zero-order valence-electron chi connectivity index (χ0n) is 5.44. The second-order valence-electron chi connectivity index (χ2n) is 2.10. The molecule has 0 saturated heterocycles. The average Bonchev–Trinajstić information content (AvgIpc) is 1.69. The van der Waals surface area contributed by atoms with E-state index in [2.05, 4.69) is 0 Å². The van der Waals surface area contributed by atoms with Crippen molar-refractivity contribution >= 4 is 5.78 Å². The lowest BCUT2D eigenvalue weighted by Gasteiger charge is -2.05. The standard InChI is InChI=1S/C6H10O/c7-6-4-2-1-3-5-6/h1-5H2/p+1. The van der Waals surface area contributed by atoms with Gasteiger partial charge in [-0.3, -0.25) is 4.79 Å². The molecule has 1 rings (SSSR count). The highest BCUT2D eigenvalue weighted by atomic mass is 16.1. The Balaban J connectivity index is 0.000000490. The third kappa shape index (κ3) is 1.30. The molecule has 0 heterocycles. The minimum Gasteiger partial charge on any atom is -0.300 e. The summed E-state index contributed by atoms with van der Waals surface area (Å²) in [5.74, 6) is 0.464. The van der Waals surface area contributed by atoms with Gasteiger partial charge in [-0.15, -0.1) is 0 Å². The molecule has 0 radical (unpaired) electrons. The number of carbonyl (C=O) groups excluding carboxylic acids is 1. The smallest absolute Gasteiger partial charge is 0.300 e. The van der Waals surface area contributed by atoms with Gasteiger partial charge in [0, 0.05) is 12.8 Å². The second kappa shape index (κ2) is 2.10. The summed E-state index contributed by atoms with van der Waals surface area (Å²) in [5.41, 5.74) is 0. The van der Waals surface area contributed by atoms with Crippen molar-refractivity contribution in [2.24, 2.45) is 0 Å². The lowest BCUT2D eigenvalue weighted by Crippen LogP contribution is -2.02. The van der Waals surface area contributed by atoms with Crippen molar-refractivity contribution in [1.82, 2.24) is 0 Å². The van der Waals surface area contributed by atoms with E-state index in [1.165, 1.54) is 6.42 Å². The van der Waals surface area contributed by atoms with Gasteiger partial charge in [0.1, 0.15) is 5.78 Å². The predicted molar refractivity (Wildman–Crippen MR) is 29.2 cm³/mol. The van der Waals surface area contributed by atoms with Gasteiger partial charge in [0.2, 0.25) is 0 Å². The van der Waals surface area contributed by atoms with Crippen LogP contribution in [0, 0.1) is 0 Å². The molecule has 1 aliphatic carbocycles. The van der Waals surface area contributed by atoms with Crippen LogP contribution in [0.4, 0.5) is 0 Å². The van der Waals surface area contributed by atoms with Crippen LogP contribution >= 0.6 is 0 Å². The fraction of sp³-hybridized carbons (Fsp3) is 0.833. The maximum Gasteiger partial charge on any atom is 1.00 e. The third-order valence-electron chi connectivity index (χ3n) is 1.41. The van der Waals surface area contributed by atoms with Crippen molar-refractivity contribution in [3.05, 3.63) is 0 Å². The number of hydrogen-bond donors (Lipinski definition) is 0. The molecular weight excluding hydrogens is 88.1 g/mol. The summed E-state index contributed by atoms with van der Waals surface area (Å²) in [6.45, 7) is 0. The van der Waals surface area contributed by atoms with Crippen LogP contribution in [0.2, 0.25) is 0 Å². The molecule has 0 unspecified atom stereocenters. The summed E-state index contributed by atoms with van der Waals surface area (Å²) in [5, 5.41) is 0. The van der Waals surface area contributed by atoms with Gasteiger partial charge in [-0.05, 0) is 12.8 Å². The fourth-order valence-electron chi connectivity index (χ4n) is 0.946. The first-order valence-corrected chi connectivity index (χ1v) is 2.91. The van der Waals surface area contributed by atoms with E-state index in [4.69, 9.17) is 0 Å². The zero-order valence-corrected chi connectivity index (χ0v) is 4.44. The molecule has 0 N–H and O–H groups in total. The van der Waals surface area contributed by atoms with Crippen LogP contribution in [0.25, 0.3) is 0 Å². The molecule has 40 valence electrons. The molecule has 7 heavy (non-hydrogen) atoms. The Morgan fingerprint density at radius 1 is 1.14 bits per heavy atom. The van der Waals surface area contributed by atoms with Crippen molar-refractivity contribution in [3.8, 4) is 0 Å². The summed E-state index contributed by atoms with van der Waals surface area (Å²) in [4.78, 5) is 10.5.